The normalized spacial score (nSPS) is 16.9. The highest BCUT2D eigenvalue weighted by molar-refractivity contribution is 5.76. The molecule has 21 heavy (non-hydrogen) atoms. The summed E-state index contributed by atoms with van der Waals surface area (Å²) in [6, 6.07) is 1.85. The number of hydrogen-bond donors (Lipinski definition) is 1. The van der Waals surface area contributed by atoms with Crippen molar-refractivity contribution in [3.63, 3.8) is 0 Å². The Kier molecular flexibility index (Phi) is 4.64. The van der Waals surface area contributed by atoms with E-state index in [-0.39, 0.29) is 6.04 Å². The van der Waals surface area contributed by atoms with Crippen LogP contribution in [0.1, 0.15) is 25.0 Å². The van der Waals surface area contributed by atoms with Gasteiger partial charge in [-0.15, -0.1) is 0 Å². The number of nitrogens with zero attached hydrogens (tertiary/aromatic N) is 3. The zero-order chi connectivity index (χ0) is 15.5. The number of nitrogens with one attached hydrogen (secondary N) is 1. The van der Waals surface area contributed by atoms with Crippen LogP contribution in [-0.2, 0) is 4.79 Å². The fraction of sp³-hybridized carbons (Fsp3) is 0.615. The van der Waals surface area contributed by atoms with Gasteiger partial charge in [-0.3, -0.25) is 4.79 Å². The Hall–Kier alpha value is -1.86. The third kappa shape index (κ3) is 4.87. The number of amides is 1. The van der Waals surface area contributed by atoms with E-state index < -0.39 is 18.5 Å². The first kappa shape index (κ1) is 15.5. The molecule has 116 valence electrons. The molecule has 1 aliphatic heterocycles. The van der Waals surface area contributed by atoms with Crippen molar-refractivity contribution in [3.8, 4) is 0 Å². The van der Waals surface area contributed by atoms with Crippen LogP contribution in [0.2, 0.25) is 0 Å². The fourth-order valence-electron chi connectivity index (χ4n) is 2.26. The molecule has 0 atom stereocenters. The molecular weight excluding hydrogens is 285 g/mol. The molecule has 1 fully saturated rings. The minimum atomic E-state index is -4.44. The Bertz CT molecular complexity index is 498. The molecule has 5 nitrogen and oxygen atoms in total. The van der Waals surface area contributed by atoms with Crippen LogP contribution in [0.5, 0.6) is 0 Å². The van der Waals surface area contributed by atoms with Crippen LogP contribution in [0, 0.1) is 6.92 Å². The van der Waals surface area contributed by atoms with Gasteiger partial charge < -0.3 is 10.2 Å². The highest BCUT2D eigenvalue weighted by Crippen LogP contribution is 2.22. The Morgan fingerprint density at radius 1 is 1.43 bits per heavy atom. The molecule has 0 unspecified atom stereocenters. The number of carbonyl (C=O) groups excluding carboxylic acids is 1. The first-order valence-corrected chi connectivity index (χ1v) is 6.74. The molecule has 1 amide bonds. The second kappa shape index (κ2) is 6.28. The molecule has 1 aliphatic rings. The lowest BCUT2D eigenvalue weighted by Gasteiger charge is -2.32. The average molecular weight is 302 g/mol. The maximum Gasteiger partial charge on any atom is 0.397 e. The molecule has 0 radical (unpaired) electrons. The van der Waals surface area contributed by atoms with Gasteiger partial charge in [-0.1, -0.05) is 0 Å². The smallest absolute Gasteiger partial charge is 0.351 e. The molecule has 1 aromatic heterocycles. The van der Waals surface area contributed by atoms with Crippen LogP contribution in [0.4, 0.5) is 19.1 Å². The van der Waals surface area contributed by atoms with E-state index in [1.165, 1.54) is 4.90 Å². The number of anilines is 1. The van der Waals surface area contributed by atoms with Gasteiger partial charge in [0, 0.05) is 31.0 Å². The maximum atomic E-state index is 12.2. The fourth-order valence-corrected chi connectivity index (χ4v) is 2.26. The number of piperidine rings is 1. The summed E-state index contributed by atoms with van der Waals surface area (Å²) in [4.78, 5) is 21.1. The predicted octanol–water partition coefficient (Wildman–Crippen LogP) is 2.14. The van der Waals surface area contributed by atoms with Gasteiger partial charge >= 0.3 is 6.18 Å². The van der Waals surface area contributed by atoms with Crippen LogP contribution in [0.15, 0.2) is 12.3 Å². The molecule has 2 rings (SSSR count). The van der Waals surface area contributed by atoms with E-state index >= 15 is 0 Å². The minimum absolute atomic E-state index is 0.0711. The molecule has 0 bridgehead atoms. The second-order valence-electron chi connectivity index (χ2n) is 5.11. The van der Waals surface area contributed by atoms with E-state index in [9.17, 15) is 18.0 Å². The molecule has 0 aromatic carbocycles. The summed E-state index contributed by atoms with van der Waals surface area (Å²) in [5, 5.41) is 3.15. The first-order valence-electron chi connectivity index (χ1n) is 6.74. The average Bonchev–Trinajstić information content (AvgIpc) is 2.37. The summed E-state index contributed by atoms with van der Waals surface area (Å²) < 4.78 is 36.6. The lowest BCUT2D eigenvalue weighted by atomic mass is 10.0. The van der Waals surface area contributed by atoms with Crippen molar-refractivity contribution in [2.75, 3.05) is 18.4 Å². The van der Waals surface area contributed by atoms with Crippen molar-refractivity contribution >= 4 is 11.9 Å². The van der Waals surface area contributed by atoms with Crippen LogP contribution in [0.25, 0.3) is 0 Å². The topological polar surface area (TPSA) is 58.1 Å². The summed E-state index contributed by atoms with van der Waals surface area (Å²) in [7, 11) is 0. The van der Waals surface area contributed by atoms with Gasteiger partial charge in [0.1, 0.15) is 6.42 Å². The summed E-state index contributed by atoms with van der Waals surface area (Å²) in [5.74, 6) is -0.345. The van der Waals surface area contributed by atoms with Crippen molar-refractivity contribution in [2.45, 2.75) is 38.4 Å². The molecule has 0 spiro atoms. The highest BCUT2D eigenvalue weighted by atomic mass is 19.4. The maximum absolute atomic E-state index is 12.2. The van der Waals surface area contributed by atoms with Crippen molar-refractivity contribution < 1.29 is 18.0 Å². The summed E-state index contributed by atoms with van der Waals surface area (Å²) in [6.07, 6.45) is -3.01. The summed E-state index contributed by atoms with van der Waals surface area (Å²) in [5.41, 5.74) is 0.838. The van der Waals surface area contributed by atoms with Gasteiger partial charge in [0.05, 0.1) is 0 Å². The third-order valence-electron chi connectivity index (χ3n) is 3.33. The van der Waals surface area contributed by atoms with Crippen molar-refractivity contribution in [2.24, 2.45) is 0 Å². The molecule has 8 heteroatoms. The Balaban J connectivity index is 1.82. The molecular formula is C13H17F3N4O. The van der Waals surface area contributed by atoms with Crippen LogP contribution >= 0.6 is 0 Å². The molecule has 0 saturated carbocycles. The number of hydrogen-bond acceptors (Lipinski definition) is 4. The number of aryl methyl sites for hydroxylation is 1. The van der Waals surface area contributed by atoms with Gasteiger partial charge in [0.25, 0.3) is 0 Å². The van der Waals surface area contributed by atoms with Gasteiger partial charge in [0.15, 0.2) is 0 Å². The number of likely N-dealkylation sites (tertiary alicyclic amines) is 1. The Morgan fingerprint density at radius 2 is 2.10 bits per heavy atom. The van der Waals surface area contributed by atoms with Crippen LogP contribution < -0.4 is 5.32 Å². The van der Waals surface area contributed by atoms with E-state index in [4.69, 9.17) is 0 Å². The number of rotatable bonds is 3. The lowest BCUT2D eigenvalue weighted by Crippen LogP contribution is -2.43. The van der Waals surface area contributed by atoms with E-state index in [1.54, 1.807) is 12.3 Å². The second-order valence-corrected chi connectivity index (χ2v) is 5.11. The molecule has 1 N–H and O–H groups in total. The summed E-state index contributed by atoms with van der Waals surface area (Å²) >= 11 is 0. The largest absolute Gasteiger partial charge is 0.397 e. The molecule has 1 saturated heterocycles. The van der Waals surface area contributed by atoms with Gasteiger partial charge in [-0.25, -0.2) is 9.97 Å². The standard InChI is InChI=1S/C13H17F3N4O/c1-9-2-5-17-12(18-9)19-10-3-6-20(7-4-10)11(21)8-13(14,15)16/h2,5,10H,3-4,6-8H2,1H3,(H,17,18,19). The van der Waals surface area contributed by atoms with Crippen LogP contribution in [-0.4, -0.2) is 46.1 Å². The van der Waals surface area contributed by atoms with E-state index in [0.29, 0.717) is 31.9 Å². The molecule has 1 aromatic rings. The molecule has 2 heterocycles. The quantitative estimate of drug-likeness (QED) is 0.929. The van der Waals surface area contributed by atoms with E-state index in [0.717, 1.165) is 5.69 Å². The highest BCUT2D eigenvalue weighted by Gasteiger charge is 2.34. The number of aromatic nitrogens is 2. The Morgan fingerprint density at radius 3 is 2.67 bits per heavy atom. The zero-order valence-electron chi connectivity index (χ0n) is 11.7. The first-order chi connectivity index (χ1) is 9.83. The van der Waals surface area contributed by atoms with E-state index in [2.05, 4.69) is 15.3 Å². The van der Waals surface area contributed by atoms with Crippen molar-refractivity contribution in [3.05, 3.63) is 18.0 Å². The Labute approximate surface area is 120 Å². The van der Waals surface area contributed by atoms with E-state index in [1.807, 2.05) is 6.92 Å². The zero-order valence-corrected chi connectivity index (χ0v) is 11.7. The van der Waals surface area contributed by atoms with Gasteiger partial charge in [-0.05, 0) is 25.8 Å². The van der Waals surface area contributed by atoms with Gasteiger partial charge in [0.2, 0.25) is 11.9 Å². The lowest BCUT2D eigenvalue weighted by molar-refractivity contribution is -0.162. The van der Waals surface area contributed by atoms with Crippen LogP contribution in [0.3, 0.4) is 0 Å². The number of halogens is 3. The summed E-state index contributed by atoms with van der Waals surface area (Å²) in [6.45, 7) is 2.49. The predicted molar refractivity (Wildman–Crippen MR) is 70.7 cm³/mol. The van der Waals surface area contributed by atoms with Crippen molar-refractivity contribution in [1.82, 2.24) is 14.9 Å². The number of alkyl halides is 3. The minimum Gasteiger partial charge on any atom is -0.351 e. The number of carbonyl (C=O) groups is 1. The van der Waals surface area contributed by atoms with Gasteiger partial charge in [-0.2, -0.15) is 13.2 Å². The molecule has 0 aliphatic carbocycles. The third-order valence-corrected chi connectivity index (χ3v) is 3.33. The monoisotopic (exact) mass is 302 g/mol. The SMILES string of the molecule is Cc1ccnc(NC2CCN(C(=O)CC(F)(F)F)CC2)n1. The van der Waals surface area contributed by atoms with Crippen molar-refractivity contribution in [1.29, 1.82) is 0 Å².